The van der Waals surface area contributed by atoms with Crippen molar-refractivity contribution in [3.63, 3.8) is 0 Å². The van der Waals surface area contributed by atoms with Crippen LogP contribution >= 0.6 is 0 Å². The standard InChI is InChI=1S/C19H20N2O3/c20-21-19(22)9-6-15-10-11-23-18-12-16(7-8-17(15)18)24-13-14-4-2-1-3-5-14/h1-5,7-8,10,12H,6,9,11,13,20H2,(H,21,22). The zero-order chi connectivity index (χ0) is 16.8. The largest absolute Gasteiger partial charge is 0.489 e. The van der Waals surface area contributed by atoms with Gasteiger partial charge in [0.2, 0.25) is 5.91 Å². The molecule has 5 heteroatoms. The van der Waals surface area contributed by atoms with Crippen LogP contribution in [0.3, 0.4) is 0 Å². The molecule has 0 unspecified atom stereocenters. The van der Waals surface area contributed by atoms with Gasteiger partial charge in [0.25, 0.3) is 0 Å². The van der Waals surface area contributed by atoms with Gasteiger partial charge in [-0.25, -0.2) is 5.84 Å². The van der Waals surface area contributed by atoms with Crippen LogP contribution in [0.1, 0.15) is 24.0 Å². The molecule has 0 saturated carbocycles. The van der Waals surface area contributed by atoms with Gasteiger partial charge in [-0.3, -0.25) is 10.2 Å². The summed E-state index contributed by atoms with van der Waals surface area (Å²) in [4.78, 5) is 11.3. The normalized spacial score (nSPS) is 12.6. The number of nitrogens with two attached hydrogens (primary N) is 1. The second-order valence-electron chi connectivity index (χ2n) is 5.54. The monoisotopic (exact) mass is 324 g/mol. The second kappa shape index (κ2) is 7.66. The molecule has 0 aliphatic carbocycles. The summed E-state index contributed by atoms with van der Waals surface area (Å²) < 4.78 is 11.5. The van der Waals surface area contributed by atoms with Gasteiger partial charge < -0.3 is 9.47 Å². The van der Waals surface area contributed by atoms with E-state index in [0.717, 1.165) is 28.2 Å². The van der Waals surface area contributed by atoms with E-state index in [4.69, 9.17) is 15.3 Å². The first-order valence-corrected chi connectivity index (χ1v) is 7.88. The summed E-state index contributed by atoms with van der Waals surface area (Å²) in [6.45, 7) is 1.01. The average Bonchev–Trinajstić information content (AvgIpc) is 2.65. The number of fused-ring (bicyclic) bond motifs is 1. The summed E-state index contributed by atoms with van der Waals surface area (Å²) in [5.74, 6) is 6.50. The molecule has 24 heavy (non-hydrogen) atoms. The molecule has 2 aromatic carbocycles. The van der Waals surface area contributed by atoms with E-state index in [0.29, 0.717) is 26.1 Å². The lowest BCUT2D eigenvalue weighted by Gasteiger charge is -2.19. The van der Waals surface area contributed by atoms with Crippen LogP contribution in [-0.2, 0) is 11.4 Å². The predicted octanol–water partition coefficient (Wildman–Crippen LogP) is 2.81. The van der Waals surface area contributed by atoms with Gasteiger partial charge >= 0.3 is 0 Å². The fourth-order valence-electron chi connectivity index (χ4n) is 2.62. The van der Waals surface area contributed by atoms with E-state index in [-0.39, 0.29) is 5.91 Å². The van der Waals surface area contributed by atoms with Crippen molar-refractivity contribution in [1.82, 2.24) is 5.43 Å². The van der Waals surface area contributed by atoms with Gasteiger partial charge in [0.05, 0.1) is 0 Å². The Balaban J connectivity index is 1.67. The van der Waals surface area contributed by atoms with E-state index in [1.165, 1.54) is 0 Å². The number of carbonyl (C=O) groups excluding carboxylic acids is 1. The highest BCUT2D eigenvalue weighted by Gasteiger charge is 2.15. The Morgan fingerprint density at radius 3 is 2.83 bits per heavy atom. The number of carbonyl (C=O) groups is 1. The third-order valence-electron chi connectivity index (χ3n) is 3.90. The van der Waals surface area contributed by atoms with Gasteiger partial charge in [-0.05, 0) is 35.8 Å². The molecule has 2 aromatic rings. The van der Waals surface area contributed by atoms with Crippen molar-refractivity contribution in [2.24, 2.45) is 5.84 Å². The molecule has 0 aromatic heterocycles. The third kappa shape index (κ3) is 3.94. The predicted molar refractivity (Wildman–Crippen MR) is 92.3 cm³/mol. The van der Waals surface area contributed by atoms with Gasteiger partial charge in [0, 0.05) is 18.1 Å². The minimum atomic E-state index is -0.174. The Labute approximate surface area is 141 Å². The lowest BCUT2D eigenvalue weighted by Crippen LogP contribution is -2.29. The van der Waals surface area contributed by atoms with E-state index in [1.807, 2.05) is 54.6 Å². The Morgan fingerprint density at radius 1 is 1.21 bits per heavy atom. The Hall–Kier alpha value is -2.79. The maximum absolute atomic E-state index is 11.3. The quantitative estimate of drug-likeness (QED) is 0.487. The van der Waals surface area contributed by atoms with Crippen LogP contribution < -0.4 is 20.7 Å². The SMILES string of the molecule is NNC(=O)CCC1=CCOc2cc(OCc3ccccc3)ccc21. The van der Waals surface area contributed by atoms with Gasteiger partial charge in [-0.15, -0.1) is 0 Å². The fraction of sp³-hybridized carbons (Fsp3) is 0.211. The summed E-state index contributed by atoms with van der Waals surface area (Å²) in [5, 5.41) is 0. The molecule has 1 aliphatic heterocycles. The summed E-state index contributed by atoms with van der Waals surface area (Å²) in [6, 6.07) is 15.8. The van der Waals surface area contributed by atoms with Gasteiger partial charge in [0.1, 0.15) is 24.7 Å². The molecular weight excluding hydrogens is 304 g/mol. The Morgan fingerprint density at radius 2 is 2.04 bits per heavy atom. The van der Waals surface area contributed by atoms with Crippen molar-refractivity contribution in [2.45, 2.75) is 19.4 Å². The van der Waals surface area contributed by atoms with E-state index < -0.39 is 0 Å². The van der Waals surface area contributed by atoms with E-state index in [1.54, 1.807) is 0 Å². The van der Waals surface area contributed by atoms with Crippen molar-refractivity contribution in [3.8, 4) is 11.5 Å². The summed E-state index contributed by atoms with van der Waals surface area (Å²) in [7, 11) is 0. The van der Waals surface area contributed by atoms with Crippen LogP contribution in [0, 0.1) is 0 Å². The maximum Gasteiger partial charge on any atom is 0.234 e. The van der Waals surface area contributed by atoms with Gasteiger partial charge in [0.15, 0.2) is 0 Å². The molecule has 0 spiro atoms. The molecule has 0 radical (unpaired) electrons. The van der Waals surface area contributed by atoms with Crippen LogP contribution in [-0.4, -0.2) is 12.5 Å². The average molecular weight is 324 g/mol. The summed E-state index contributed by atoms with van der Waals surface area (Å²) in [5.41, 5.74) is 5.36. The number of ether oxygens (including phenoxy) is 2. The lowest BCUT2D eigenvalue weighted by molar-refractivity contribution is -0.121. The number of benzene rings is 2. The minimum Gasteiger partial charge on any atom is -0.489 e. The highest BCUT2D eigenvalue weighted by Crippen LogP contribution is 2.35. The van der Waals surface area contributed by atoms with Crippen molar-refractivity contribution in [3.05, 3.63) is 65.7 Å². The maximum atomic E-state index is 11.3. The van der Waals surface area contributed by atoms with E-state index in [9.17, 15) is 4.79 Å². The zero-order valence-corrected chi connectivity index (χ0v) is 13.3. The third-order valence-corrected chi connectivity index (χ3v) is 3.90. The van der Waals surface area contributed by atoms with E-state index in [2.05, 4.69) is 5.43 Å². The molecular formula is C19H20N2O3. The molecule has 3 rings (SSSR count). The topological polar surface area (TPSA) is 73.6 Å². The highest BCUT2D eigenvalue weighted by molar-refractivity contribution is 5.80. The van der Waals surface area contributed by atoms with Gasteiger partial charge in [-0.1, -0.05) is 30.3 Å². The molecule has 5 nitrogen and oxygen atoms in total. The first kappa shape index (κ1) is 16.1. The highest BCUT2D eigenvalue weighted by atomic mass is 16.5. The van der Waals surface area contributed by atoms with Crippen molar-refractivity contribution in [2.75, 3.05) is 6.61 Å². The number of hydrogen-bond acceptors (Lipinski definition) is 4. The molecule has 0 fully saturated rings. The fourth-order valence-corrected chi connectivity index (χ4v) is 2.62. The second-order valence-corrected chi connectivity index (χ2v) is 5.54. The van der Waals surface area contributed by atoms with Gasteiger partial charge in [-0.2, -0.15) is 0 Å². The first-order chi connectivity index (χ1) is 11.8. The van der Waals surface area contributed by atoms with Crippen molar-refractivity contribution in [1.29, 1.82) is 0 Å². The van der Waals surface area contributed by atoms with Crippen LogP contribution in [0.25, 0.3) is 5.57 Å². The zero-order valence-electron chi connectivity index (χ0n) is 13.3. The molecule has 0 bridgehead atoms. The molecule has 124 valence electrons. The molecule has 0 saturated heterocycles. The molecule has 1 heterocycles. The van der Waals surface area contributed by atoms with Crippen LogP contribution in [0.2, 0.25) is 0 Å². The number of allylic oxidation sites excluding steroid dienone is 1. The summed E-state index contributed by atoms with van der Waals surface area (Å²) in [6.07, 6.45) is 2.98. The first-order valence-electron chi connectivity index (χ1n) is 7.88. The smallest absolute Gasteiger partial charge is 0.234 e. The minimum absolute atomic E-state index is 0.174. The van der Waals surface area contributed by atoms with Crippen molar-refractivity contribution < 1.29 is 14.3 Å². The van der Waals surface area contributed by atoms with Crippen LogP contribution in [0.4, 0.5) is 0 Å². The lowest BCUT2D eigenvalue weighted by atomic mass is 9.98. The van der Waals surface area contributed by atoms with Crippen LogP contribution in [0.5, 0.6) is 11.5 Å². The molecule has 1 aliphatic rings. The van der Waals surface area contributed by atoms with E-state index >= 15 is 0 Å². The number of nitrogens with one attached hydrogen (secondary N) is 1. The molecule has 1 amide bonds. The van der Waals surface area contributed by atoms with Crippen molar-refractivity contribution >= 4 is 11.5 Å². The van der Waals surface area contributed by atoms with Crippen LogP contribution in [0.15, 0.2) is 54.6 Å². The number of rotatable bonds is 6. The number of amides is 1. The molecule has 0 atom stereocenters. The molecule has 3 N–H and O–H groups in total. The number of hydrogen-bond donors (Lipinski definition) is 2. The Bertz CT molecular complexity index is 742. The Kier molecular flexibility index (Phi) is 5.13. The summed E-state index contributed by atoms with van der Waals surface area (Å²) >= 11 is 0. The number of hydrazine groups is 1.